The van der Waals surface area contributed by atoms with Gasteiger partial charge in [-0.05, 0) is 31.2 Å². The SMILES string of the molecule is CCC(C)C(N)C(C)CCCN. The predicted octanol–water partition coefficient (Wildman–Crippen LogP) is 1.73. The zero-order valence-electron chi connectivity index (χ0n) is 8.72. The average Bonchev–Trinajstić information content (AvgIpc) is 2.11. The van der Waals surface area contributed by atoms with Gasteiger partial charge in [0.2, 0.25) is 0 Å². The molecule has 4 N–H and O–H groups in total. The molecule has 3 unspecified atom stereocenters. The Bertz CT molecular complexity index is 104. The molecule has 2 nitrogen and oxygen atoms in total. The van der Waals surface area contributed by atoms with E-state index in [-0.39, 0.29) is 0 Å². The minimum Gasteiger partial charge on any atom is -0.330 e. The predicted molar refractivity (Wildman–Crippen MR) is 54.9 cm³/mol. The van der Waals surface area contributed by atoms with Gasteiger partial charge in [0.1, 0.15) is 0 Å². The Hall–Kier alpha value is -0.0800. The van der Waals surface area contributed by atoms with E-state index in [9.17, 15) is 0 Å². The molecule has 0 bridgehead atoms. The molecule has 0 aromatic carbocycles. The van der Waals surface area contributed by atoms with Gasteiger partial charge in [0.05, 0.1) is 0 Å². The van der Waals surface area contributed by atoms with Gasteiger partial charge in [0.25, 0.3) is 0 Å². The second-order valence-electron chi connectivity index (χ2n) is 3.87. The van der Waals surface area contributed by atoms with Gasteiger partial charge >= 0.3 is 0 Å². The third-order valence-electron chi connectivity index (χ3n) is 2.82. The van der Waals surface area contributed by atoms with Gasteiger partial charge in [0.15, 0.2) is 0 Å². The van der Waals surface area contributed by atoms with Crippen molar-refractivity contribution in [1.82, 2.24) is 0 Å². The number of hydrogen-bond donors (Lipinski definition) is 2. The molecule has 0 aromatic heterocycles. The lowest BCUT2D eigenvalue weighted by molar-refractivity contribution is 0.318. The third-order valence-corrected chi connectivity index (χ3v) is 2.82. The van der Waals surface area contributed by atoms with Crippen LogP contribution < -0.4 is 11.5 Å². The summed E-state index contributed by atoms with van der Waals surface area (Å²) in [6.45, 7) is 7.44. The van der Waals surface area contributed by atoms with Crippen molar-refractivity contribution in [2.45, 2.75) is 46.1 Å². The molecule has 0 heterocycles. The summed E-state index contributed by atoms with van der Waals surface area (Å²) in [5.74, 6) is 1.25. The van der Waals surface area contributed by atoms with Crippen LogP contribution in [0.5, 0.6) is 0 Å². The fraction of sp³-hybridized carbons (Fsp3) is 1.00. The highest BCUT2D eigenvalue weighted by molar-refractivity contribution is 4.74. The summed E-state index contributed by atoms with van der Waals surface area (Å²) >= 11 is 0. The molecule has 12 heavy (non-hydrogen) atoms. The van der Waals surface area contributed by atoms with E-state index in [0.29, 0.717) is 17.9 Å². The zero-order chi connectivity index (χ0) is 9.56. The van der Waals surface area contributed by atoms with Gasteiger partial charge in [-0.2, -0.15) is 0 Å². The first-order valence-corrected chi connectivity index (χ1v) is 5.09. The van der Waals surface area contributed by atoms with E-state index >= 15 is 0 Å². The van der Waals surface area contributed by atoms with Gasteiger partial charge in [0, 0.05) is 6.04 Å². The van der Waals surface area contributed by atoms with Crippen LogP contribution in [0.2, 0.25) is 0 Å². The molecule has 0 saturated heterocycles. The largest absolute Gasteiger partial charge is 0.330 e. The van der Waals surface area contributed by atoms with E-state index in [0.717, 1.165) is 13.0 Å². The first kappa shape index (κ1) is 11.9. The molecular weight excluding hydrogens is 148 g/mol. The molecule has 0 amide bonds. The van der Waals surface area contributed by atoms with E-state index in [1.165, 1.54) is 12.8 Å². The minimum atomic E-state index is 0.349. The maximum absolute atomic E-state index is 6.07. The second kappa shape index (κ2) is 6.44. The smallest absolute Gasteiger partial charge is 0.00902 e. The van der Waals surface area contributed by atoms with Crippen molar-refractivity contribution in [3.05, 3.63) is 0 Å². The standard InChI is InChI=1S/C10H24N2/c1-4-8(2)10(12)9(3)6-5-7-11/h8-10H,4-7,11-12H2,1-3H3. The summed E-state index contributed by atoms with van der Waals surface area (Å²) < 4.78 is 0. The molecule has 0 radical (unpaired) electrons. The van der Waals surface area contributed by atoms with Crippen LogP contribution in [0.3, 0.4) is 0 Å². The van der Waals surface area contributed by atoms with Crippen molar-refractivity contribution in [1.29, 1.82) is 0 Å². The Morgan fingerprint density at radius 3 is 2.17 bits per heavy atom. The number of nitrogens with two attached hydrogens (primary N) is 2. The van der Waals surface area contributed by atoms with E-state index in [2.05, 4.69) is 20.8 Å². The average molecular weight is 172 g/mol. The van der Waals surface area contributed by atoms with Crippen LogP contribution in [0.15, 0.2) is 0 Å². The van der Waals surface area contributed by atoms with E-state index in [1.54, 1.807) is 0 Å². The van der Waals surface area contributed by atoms with Crippen molar-refractivity contribution < 1.29 is 0 Å². The molecule has 0 aliphatic rings. The molecule has 3 atom stereocenters. The molecule has 74 valence electrons. The molecular formula is C10H24N2. The lowest BCUT2D eigenvalue weighted by atomic mass is 9.87. The molecule has 0 rings (SSSR count). The van der Waals surface area contributed by atoms with Crippen LogP contribution in [-0.2, 0) is 0 Å². The van der Waals surface area contributed by atoms with Crippen molar-refractivity contribution in [3.8, 4) is 0 Å². The quantitative estimate of drug-likeness (QED) is 0.641. The van der Waals surface area contributed by atoms with Crippen molar-refractivity contribution in [2.24, 2.45) is 23.3 Å². The van der Waals surface area contributed by atoms with Crippen LogP contribution in [0.25, 0.3) is 0 Å². The Balaban J connectivity index is 3.67. The van der Waals surface area contributed by atoms with E-state index in [1.807, 2.05) is 0 Å². The molecule has 2 heteroatoms. The molecule has 0 aromatic rings. The molecule has 0 fully saturated rings. The lowest BCUT2D eigenvalue weighted by Crippen LogP contribution is -2.34. The highest BCUT2D eigenvalue weighted by Crippen LogP contribution is 2.17. The van der Waals surface area contributed by atoms with Crippen molar-refractivity contribution in [3.63, 3.8) is 0 Å². The van der Waals surface area contributed by atoms with Gasteiger partial charge in [-0.15, -0.1) is 0 Å². The molecule has 0 saturated carbocycles. The monoisotopic (exact) mass is 172 g/mol. The summed E-state index contributed by atoms with van der Waals surface area (Å²) in [5, 5.41) is 0. The molecule has 0 aliphatic carbocycles. The summed E-state index contributed by atoms with van der Waals surface area (Å²) in [6.07, 6.45) is 3.45. The maximum Gasteiger partial charge on any atom is 0.00902 e. The second-order valence-corrected chi connectivity index (χ2v) is 3.87. The summed E-state index contributed by atoms with van der Waals surface area (Å²) in [5.41, 5.74) is 11.5. The first-order chi connectivity index (χ1) is 5.63. The first-order valence-electron chi connectivity index (χ1n) is 5.09. The topological polar surface area (TPSA) is 52.0 Å². The summed E-state index contributed by atoms with van der Waals surface area (Å²) in [4.78, 5) is 0. The lowest BCUT2D eigenvalue weighted by Gasteiger charge is -2.24. The Morgan fingerprint density at radius 2 is 1.75 bits per heavy atom. The van der Waals surface area contributed by atoms with Gasteiger partial charge in [-0.3, -0.25) is 0 Å². The fourth-order valence-electron chi connectivity index (χ4n) is 1.47. The van der Waals surface area contributed by atoms with E-state index < -0.39 is 0 Å². The normalized spacial score (nSPS) is 18.8. The third kappa shape index (κ3) is 4.07. The Morgan fingerprint density at radius 1 is 1.17 bits per heavy atom. The highest BCUT2D eigenvalue weighted by Gasteiger charge is 2.17. The van der Waals surface area contributed by atoms with Crippen molar-refractivity contribution >= 4 is 0 Å². The van der Waals surface area contributed by atoms with Crippen LogP contribution in [0, 0.1) is 11.8 Å². The number of rotatable bonds is 6. The highest BCUT2D eigenvalue weighted by atomic mass is 14.7. The minimum absolute atomic E-state index is 0.349. The summed E-state index contributed by atoms with van der Waals surface area (Å²) in [6, 6.07) is 0.349. The summed E-state index contributed by atoms with van der Waals surface area (Å²) in [7, 11) is 0. The Kier molecular flexibility index (Phi) is 6.39. The van der Waals surface area contributed by atoms with Crippen LogP contribution in [0.1, 0.15) is 40.0 Å². The van der Waals surface area contributed by atoms with Crippen LogP contribution in [0.4, 0.5) is 0 Å². The Labute approximate surface area is 76.7 Å². The number of hydrogen-bond acceptors (Lipinski definition) is 2. The van der Waals surface area contributed by atoms with Gasteiger partial charge in [-0.1, -0.05) is 27.2 Å². The van der Waals surface area contributed by atoms with Crippen LogP contribution in [-0.4, -0.2) is 12.6 Å². The zero-order valence-corrected chi connectivity index (χ0v) is 8.72. The van der Waals surface area contributed by atoms with Crippen molar-refractivity contribution in [2.75, 3.05) is 6.54 Å². The molecule has 0 spiro atoms. The van der Waals surface area contributed by atoms with E-state index in [4.69, 9.17) is 11.5 Å². The fourth-order valence-corrected chi connectivity index (χ4v) is 1.47. The molecule has 0 aliphatic heterocycles. The maximum atomic E-state index is 6.07. The van der Waals surface area contributed by atoms with Gasteiger partial charge in [-0.25, -0.2) is 0 Å². The van der Waals surface area contributed by atoms with Gasteiger partial charge < -0.3 is 11.5 Å². The van der Waals surface area contributed by atoms with Crippen LogP contribution >= 0.6 is 0 Å².